The molecule has 0 spiro atoms. The molecule has 2 aromatic rings. The van der Waals surface area contributed by atoms with Crippen LogP contribution in [0.3, 0.4) is 0 Å². The lowest BCUT2D eigenvalue weighted by atomic mass is 10.1. The van der Waals surface area contributed by atoms with Gasteiger partial charge in [0.1, 0.15) is 5.75 Å². The van der Waals surface area contributed by atoms with E-state index in [0.717, 1.165) is 10.6 Å². The van der Waals surface area contributed by atoms with Crippen LogP contribution in [0.1, 0.15) is 22.3 Å². The van der Waals surface area contributed by atoms with E-state index in [1.165, 1.54) is 7.11 Å². The number of benzene rings is 2. The second-order valence-corrected chi connectivity index (χ2v) is 7.02. The van der Waals surface area contributed by atoms with Crippen LogP contribution in [0, 0.1) is 12.8 Å². The Bertz CT molecular complexity index is 1010. The number of anilines is 1. The van der Waals surface area contributed by atoms with Gasteiger partial charge in [0.2, 0.25) is 5.91 Å². The van der Waals surface area contributed by atoms with Crippen LogP contribution in [-0.2, 0) is 19.1 Å². The predicted molar refractivity (Wildman–Crippen MR) is 111 cm³/mol. The molecule has 9 heteroatoms. The predicted octanol–water partition coefficient (Wildman–Crippen LogP) is 1.68. The maximum absolute atomic E-state index is 12.4. The Morgan fingerprint density at radius 2 is 1.81 bits per heavy atom. The van der Waals surface area contributed by atoms with Gasteiger partial charge in [0, 0.05) is 12.0 Å². The van der Waals surface area contributed by atoms with Crippen molar-refractivity contribution in [1.82, 2.24) is 10.4 Å². The maximum atomic E-state index is 12.4. The Morgan fingerprint density at radius 3 is 2.55 bits per heavy atom. The Balaban J connectivity index is 1.50. The molecule has 2 aromatic carbocycles. The lowest BCUT2D eigenvalue weighted by Gasteiger charge is -2.18. The van der Waals surface area contributed by atoms with E-state index in [2.05, 4.69) is 10.7 Å². The van der Waals surface area contributed by atoms with Crippen molar-refractivity contribution in [2.45, 2.75) is 13.3 Å². The van der Waals surface area contributed by atoms with Gasteiger partial charge >= 0.3 is 5.97 Å². The van der Waals surface area contributed by atoms with Crippen LogP contribution in [0.25, 0.3) is 0 Å². The van der Waals surface area contributed by atoms with E-state index in [1.54, 1.807) is 49.4 Å². The molecular formula is C22H23N3O6. The van der Waals surface area contributed by atoms with Crippen molar-refractivity contribution in [3.05, 3.63) is 59.7 Å². The number of ether oxygens (including phenoxy) is 2. The molecule has 1 fully saturated rings. The van der Waals surface area contributed by atoms with Crippen LogP contribution >= 0.6 is 0 Å². The molecule has 0 unspecified atom stereocenters. The molecular weight excluding hydrogens is 402 g/mol. The summed E-state index contributed by atoms with van der Waals surface area (Å²) in [5.41, 5.74) is 4.18. The molecule has 9 nitrogen and oxygen atoms in total. The quantitative estimate of drug-likeness (QED) is 0.653. The Hall–Kier alpha value is -3.88. The molecule has 162 valence electrons. The molecule has 1 aliphatic heterocycles. The number of hydrazine groups is 1. The third-order valence-electron chi connectivity index (χ3n) is 4.81. The first-order valence-electron chi connectivity index (χ1n) is 9.65. The number of nitrogens with one attached hydrogen (secondary N) is 2. The Kier molecular flexibility index (Phi) is 6.86. The number of amides is 3. The SMILES string of the molecule is COc1ccccc1NC(=O)COC(=O)[C@H]1CC(=O)N(NC(=O)c2ccccc2C)C1. The molecule has 3 rings (SSSR count). The third-order valence-corrected chi connectivity index (χ3v) is 4.81. The largest absolute Gasteiger partial charge is 0.495 e. The fourth-order valence-corrected chi connectivity index (χ4v) is 3.17. The average Bonchev–Trinajstić information content (AvgIpc) is 3.13. The fourth-order valence-electron chi connectivity index (χ4n) is 3.17. The van der Waals surface area contributed by atoms with E-state index < -0.39 is 36.2 Å². The first kappa shape index (κ1) is 21.8. The van der Waals surface area contributed by atoms with Gasteiger partial charge in [0.25, 0.3) is 11.8 Å². The normalized spacial score (nSPS) is 15.4. The first-order valence-corrected chi connectivity index (χ1v) is 9.65. The smallest absolute Gasteiger partial charge is 0.311 e. The topological polar surface area (TPSA) is 114 Å². The van der Waals surface area contributed by atoms with E-state index in [9.17, 15) is 19.2 Å². The van der Waals surface area contributed by atoms with Gasteiger partial charge in [-0.05, 0) is 30.7 Å². The van der Waals surface area contributed by atoms with Crippen molar-refractivity contribution in [3.63, 3.8) is 0 Å². The van der Waals surface area contributed by atoms with Crippen LogP contribution in [0.15, 0.2) is 48.5 Å². The first-order chi connectivity index (χ1) is 14.9. The summed E-state index contributed by atoms with van der Waals surface area (Å²) in [4.78, 5) is 49.0. The molecule has 1 saturated heterocycles. The van der Waals surface area contributed by atoms with Gasteiger partial charge in [-0.1, -0.05) is 30.3 Å². The molecule has 1 aliphatic rings. The highest BCUT2D eigenvalue weighted by molar-refractivity contribution is 5.98. The maximum Gasteiger partial charge on any atom is 0.311 e. The summed E-state index contributed by atoms with van der Waals surface area (Å²) in [6, 6.07) is 13.8. The Labute approximate surface area is 179 Å². The molecule has 1 heterocycles. The van der Waals surface area contributed by atoms with Crippen molar-refractivity contribution >= 4 is 29.4 Å². The number of aryl methyl sites for hydroxylation is 1. The monoisotopic (exact) mass is 425 g/mol. The zero-order valence-electron chi connectivity index (χ0n) is 17.2. The number of esters is 1. The van der Waals surface area contributed by atoms with Gasteiger partial charge < -0.3 is 14.8 Å². The standard InChI is InChI=1S/C22H23N3O6/c1-14-7-3-4-8-16(14)21(28)24-25-12-15(11-20(25)27)22(29)31-13-19(26)23-17-9-5-6-10-18(17)30-2/h3-10,15H,11-13H2,1-2H3,(H,23,26)(H,24,28)/t15-/m0/s1. The highest BCUT2D eigenvalue weighted by atomic mass is 16.5. The van der Waals surface area contributed by atoms with Gasteiger partial charge in [-0.15, -0.1) is 0 Å². The number of para-hydroxylation sites is 2. The van der Waals surface area contributed by atoms with E-state index in [4.69, 9.17) is 9.47 Å². The number of methoxy groups -OCH3 is 1. The molecule has 3 amide bonds. The van der Waals surface area contributed by atoms with E-state index in [0.29, 0.717) is 17.0 Å². The highest BCUT2D eigenvalue weighted by Gasteiger charge is 2.36. The minimum absolute atomic E-state index is 0.0244. The minimum Gasteiger partial charge on any atom is -0.495 e. The fraction of sp³-hybridized carbons (Fsp3) is 0.273. The van der Waals surface area contributed by atoms with Crippen LogP contribution in [0.4, 0.5) is 5.69 Å². The van der Waals surface area contributed by atoms with Gasteiger partial charge in [-0.25, -0.2) is 0 Å². The van der Waals surface area contributed by atoms with Gasteiger partial charge in [0.05, 0.1) is 25.3 Å². The summed E-state index contributed by atoms with van der Waals surface area (Å²) in [6.07, 6.45) is -0.110. The molecule has 1 atom stereocenters. The second kappa shape index (κ2) is 9.75. The number of nitrogens with zero attached hydrogens (tertiary/aromatic N) is 1. The van der Waals surface area contributed by atoms with Crippen LogP contribution in [0.2, 0.25) is 0 Å². The van der Waals surface area contributed by atoms with Crippen molar-refractivity contribution in [2.75, 3.05) is 25.6 Å². The number of carbonyl (C=O) groups excluding carboxylic acids is 4. The van der Waals surface area contributed by atoms with E-state index >= 15 is 0 Å². The minimum atomic E-state index is -0.774. The number of carbonyl (C=O) groups is 4. The van der Waals surface area contributed by atoms with E-state index in [-0.39, 0.29) is 13.0 Å². The van der Waals surface area contributed by atoms with Crippen LogP contribution < -0.4 is 15.5 Å². The molecule has 0 aromatic heterocycles. The van der Waals surface area contributed by atoms with Crippen LogP contribution in [-0.4, -0.2) is 49.0 Å². The average molecular weight is 425 g/mol. The number of hydrogen-bond acceptors (Lipinski definition) is 6. The van der Waals surface area contributed by atoms with Gasteiger partial charge in [-0.3, -0.25) is 29.6 Å². The molecule has 0 aliphatic carbocycles. The Morgan fingerprint density at radius 1 is 1.10 bits per heavy atom. The summed E-state index contributed by atoms with van der Waals surface area (Å²) in [5, 5.41) is 3.71. The summed E-state index contributed by atoms with van der Waals surface area (Å²) in [7, 11) is 1.48. The molecule has 31 heavy (non-hydrogen) atoms. The molecule has 0 bridgehead atoms. The van der Waals surface area contributed by atoms with Crippen molar-refractivity contribution in [2.24, 2.45) is 5.92 Å². The van der Waals surface area contributed by atoms with Crippen molar-refractivity contribution < 1.29 is 28.7 Å². The highest BCUT2D eigenvalue weighted by Crippen LogP contribution is 2.23. The summed E-state index contributed by atoms with van der Waals surface area (Å²) in [5.74, 6) is -2.35. The van der Waals surface area contributed by atoms with Crippen molar-refractivity contribution in [1.29, 1.82) is 0 Å². The molecule has 2 N–H and O–H groups in total. The summed E-state index contributed by atoms with van der Waals surface area (Å²) >= 11 is 0. The summed E-state index contributed by atoms with van der Waals surface area (Å²) < 4.78 is 10.2. The number of rotatable bonds is 7. The van der Waals surface area contributed by atoms with Crippen molar-refractivity contribution in [3.8, 4) is 5.75 Å². The zero-order valence-corrected chi connectivity index (χ0v) is 17.2. The second-order valence-electron chi connectivity index (χ2n) is 7.02. The summed E-state index contributed by atoms with van der Waals surface area (Å²) in [6.45, 7) is 1.26. The molecule has 0 radical (unpaired) electrons. The van der Waals surface area contributed by atoms with Gasteiger partial charge in [-0.2, -0.15) is 0 Å². The molecule has 0 saturated carbocycles. The zero-order chi connectivity index (χ0) is 22.4. The third kappa shape index (κ3) is 5.39. The van der Waals surface area contributed by atoms with Gasteiger partial charge in [0.15, 0.2) is 6.61 Å². The number of hydrogen-bond donors (Lipinski definition) is 2. The van der Waals surface area contributed by atoms with E-state index in [1.807, 2.05) is 6.07 Å². The lowest BCUT2D eigenvalue weighted by molar-refractivity contribution is -0.151. The lowest BCUT2D eigenvalue weighted by Crippen LogP contribution is -2.43. The van der Waals surface area contributed by atoms with Crippen LogP contribution in [0.5, 0.6) is 5.75 Å².